The number of alkyl halides is 3. The number of anilines is 1. The Morgan fingerprint density at radius 3 is 2.43 bits per heavy atom. The molecule has 0 fully saturated rings. The van der Waals surface area contributed by atoms with Crippen LogP contribution in [0.25, 0.3) is 10.9 Å². The fourth-order valence-electron chi connectivity index (χ4n) is 4.47. The molecule has 0 saturated heterocycles. The molecule has 0 spiro atoms. The van der Waals surface area contributed by atoms with Gasteiger partial charge in [-0.3, -0.25) is 19.3 Å². The Hall–Kier alpha value is -4.58. The zero-order valence-electron chi connectivity index (χ0n) is 22.5. The average Bonchev–Trinajstić information content (AvgIpc) is 3.22. The Kier molecular flexibility index (Phi) is 8.08. The number of carbonyl (C=O) groups is 2. The van der Waals surface area contributed by atoms with E-state index in [1.54, 1.807) is 61.3 Å². The van der Waals surface area contributed by atoms with Crippen molar-refractivity contribution in [2.24, 2.45) is 0 Å². The fraction of sp³-hybridized carbons (Fsp3) is 0.167. The van der Waals surface area contributed by atoms with E-state index in [-0.39, 0.29) is 22.4 Å². The Labute approximate surface area is 247 Å². The van der Waals surface area contributed by atoms with Gasteiger partial charge in [-0.15, -0.1) is 0 Å². The summed E-state index contributed by atoms with van der Waals surface area (Å²) in [5.41, 5.74) is 2.52. The number of benzene rings is 2. The Balaban J connectivity index is 1.33. The first-order valence-corrected chi connectivity index (χ1v) is 13.6. The van der Waals surface area contributed by atoms with Crippen LogP contribution in [0.5, 0.6) is 0 Å². The summed E-state index contributed by atoms with van der Waals surface area (Å²) in [6, 6.07) is 16.0. The highest BCUT2D eigenvalue weighted by atomic mass is 79.9. The van der Waals surface area contributed by atoms with Crippen LogP contribution in [0.4, 0.5) is 18.9 Å². The van der Waals surface area contributed by atoms with E-state index in [0.29, 0.717) is 40.2 Å². The van der Waals surface area contributed by atoms with Crippen molar-refractivity contribution in [3.05, 3.63) is 117 Å². The molecule has 12 heteroatoms. The third kappa shape index (κ3) is 6.33. The molecule has 0 bridgehead atoms. The molecule has 8 nitrogen and oxygen atoms in total. The van der Waals surface area contributed by atoms with Crippen molar-refractivity contribution in [2.45, 2.75) is 33.1 Å². The zero-order chi connectivity index (χ0) is 30.0. The molecule has 2 aromatic carbocycles. The normalized spacial score (nSPS) is 11.5. The first-order valence-electron chi connectivity index (χ1n) is 12.8. The lowest BCUT2D eigenvalue weighted by atomic mass is 10.1. The predicted octanol–water partition coefficient (Wildman–Crippen LogP) is 6.46. The van der Waals surface area contributed by atoms with E-state index in [1.165, 1.54) is 6.07 Å². The number of nitrogens with zero attached hydrogens (tertiary/aromatic N) is 4. The van der Waals surface area contributed by atoms with E-state index >= 15 is 0 Å². The smallest absolute Gasteiger partial charge is 0.348 e. The first-order chi connectivity index (χ1) is 20.0. The van der Waals surface area contributed by atoms with Crippen molar-refractivity contribution >= 4 is 44.3 Å². The number of carbonyl (C=O) groups excluding carboxylic acids is 2. The van der Waals surface area contributed by atoms with E-state index < -0.39 is 17.8 Å². The molecule has 5 aromatic rings. The molecule has 0 atom stereocenters. The first kappa shape index (κ1) is 28.9. The summed E-state index contributed by atoms with van der Waals surface area (Å²) in [6.07, 6.45) is -1.37. The minimum Gasteiger partial charge on any atom is -0.348 e. The number of fused-ring (bicyclic) bond motifs is 1. The van der Waals surface area contributed by atoms with Crippen LogP contribution in [0.3, 0.4) is 0 Å². The van der Waals surface area contributed by atoms with Crippen LogP contribution < -0.4 is 10.6 Å². The number of hydrogen-bond donors (Lipinski definition) is 2. The average molecular weight is 637 g/mol. The van der Waals surface area contributed by atoms with Gasteiger partial charge < -0.3 is 10.6 Å². The topological polar surface area (TPSA) is 102 Å². The highest BCUT2D eigenvalue weighted by molar-refractivity contribution is 9.10. The van der Waals surface area contributed by atoms with Gasteiger partial charge in [-0.05, 0) is 67.4 Å². The molecule has 2 amide bonds. The number of halogens is 4. The summed E-state index contributed by atoms with van der Waals surface area (Å²) in [5, 5.41) is 10.4. The predicted molar refractivity (Wildman–Crippen MR) is 155 cm³/mol. The van der Waals surface area contributed by atoms with Gasteiger partial charge in [0.25, 0.3) is 11.8 Å². The van der Waals surface area contributed by atoms with Crippen molar-refractivity contribution in [1.29, 1.82) is 0 Å². The lowest BCUT2D eigenvalue weighted by Crippen LogP contribution is -2.22. The van der Waals surface area contributed by atoms with Crippen molar-refractivity contribution in [3.63, 3.8) is 0 Å². The molecular weight excluding hydrogens is 613 g/mol. The van der Waals surface area contributed by atoms with E-state index in [2.05, 4.69) is 41.6 Å². The third-order valence-corrected chi connectivity index (χ3v) is 7.14. The number of amides is 2. The van der Waals surface area contributed by atoms with Gasteiger partial charge in [0, 0.05) is 34.4 Å². The SMILES string of the molecule is Cc1nn(Cc2ccc(C(=O)NCc3cccnc3)cc2)c(C)c1NC(=O)c1cc(C(F)(F)F)nc2ccc(Br)cc12. The monoisotopic (exact) mass is 636 g/mol. The highest BCUT2D eigenvalue weighted by Gasteiger charge is 2.34. The van der Waals surface area contributed by atoms with Gasteiger partial charge in [-0.1, -0.05) is 34.1 Å². The summed E-state index contributed by atoms with van der Waals surface area (Å²) < 4.78 is 42.9. The number of nitrogens with one attached hydrogen (secondary N) is 2. The molecule has 0 unspecified atom stereocenters. The number of aryl methyl sites for hydroxylation is 1. The summed E-state index contributed by atoms with van der Waals surface area (Å²) in [7, 11) is 0. The molecule has 0 radical (unpaired) electrons. The van der Waals surface area contributed by atoms with Gasteiger partial charge >= 0.3 is 6.18 Å². The second-order valence-electron chi connectivity index (χ2n) is 9.61. The summed E-state index contributed by atoms with van der Waals surface area (Å²) in [5.74, 6) is -0.927. The molecule has 0 aliphatic rings. The van der Waals surface area contributed by atoms with Crippen LogP contribution in [-0.4, -0.2) is 31.6 Å². The Morgan fingerprint density at radius 2 is 1.74 bits per heavy atom. The molecule has 5 rings (SSSR count). The van der Waals surface area contributed by atoms with Gasteiger partial charge in [0.2, 0.25) is 0 Å². The maximum atomic E-state index is 13.5. The maximum absolute atomic E-state index is 13.5. The van der Waals surface area contributed by atoms with Gasteiger partial charge in [-0.25, -0.2) is 4.98 Å². The molecule has 0 aliphatic carbocycles. The number of rotatable bonds is 7. The van der Waals surface area contributed by atoms with Gasteiger partial charge in [0.1, 0.15) is 5.69 Å². The standard InChI is InChI=1S/C30H24BrF3N6O2/c1-17-27(38-29(42)24-13-26(30(32,33)34)37-25-10-9-22(31)12-23(24)25)18(2)40(39-17)16-19-5-7-21(8-6-19)28(41)36-15-20-4-3-11-35-14-20/h3-14H,15-16H2,1-2H3,(H,36,41)(H,38,42). The van der Waals surface area contributed by atoms with Crippen LogP contribution in [0, 0.1) is 13.8 Å². The third-order valence-electron chi connectivity index (χ3n) is 6.65. The second-order valence-corrected chi connectivity index (χ2v) is 10.5. The molecule has 2 N–H and O–H groups in total. The van der Waals surface area contributed by atoms with Crippen molar-refractivity contribution in [1.82, 2.24) is 25.1 Å². The maximum Gasteiger partial charge on any atom is 0.433 e. The van der Waals surface area contributed by atoms with E-state index in [4.69, 9.17) is 0 Å². The van der Waals surface area contributed by atoms with Gasteiger partial charge in [0.05, 0.1) is 34.7 Å². The molecule has 0 saturated carbocycles. The molecule has 42 heavy (non-hydrogen) atoms. The Morgan fingerprint density at radius 1 is 0.976 bits per heavy atom. The van der Waals surface area contributed by atoms with Crippen molar-refractivity contribution < 1.29 is 22.8 Å². The Bertz CT molecular complexity index is 1790. The van der Waals surface area contributed by atoms with Crippen molar-refractivity contribution in [3.8, 4) is 0 Å². The van der Waals surface area contributed by atoms with Crippen LogP contribution in [-0.2, 0) is 19.3 Å². The molecule has 3 aromatic heterocycles. The van der Waals surface area contributed by atoms with E-state index in [0.717, 1.165) is 17.2 Å². The largest absolute Gasteiger partial charge is 0.433 e. The quantitative estimate of drug-likeness (QED) is 0.214. The van der Waals surface area contributed by atoms with Crippen molar-refractivity contribution in [2.75, 3.05) is 5.32 Å². The molecule has 214 valence electrons. The number of aromatic nitrogens is 4. The van der Waals surface area contributed by atoms with Crippen LogP contribution in [0.2, 0.25) is 0 Å². The van der Waals surface area contributed by atoms with Gasteiger partial charge in [-0.2, -0.15) is 18.3 Å². The molecule has 0 aliphatic heterocycles. The second kappa shape index (κ2) is 11.7. The molecular formula is C30H24BrF3N6O2. The minimum absolute atomic E-state index is 0.0523. The summed E-state index contributed by atoms with van der Waals surface area (Å²) in [6.45, 7) is 4.18. The van der Waals surface area contributed by atoms with Gasteiger partial charge in [0.15, 0.2) is 0 Å². The fourth-order valence-corrected chi connectivity index (χ4v) is 4.83. The summed E-state index contributed by atoms with van der Waals surface area (Å²) in [4.78, 5) is 33.6. The minimum atomic E-state index is -4.72. The lowest BCUT2D eigenvalue weighted by molar-refractivity contribution is -0.141. The lowest BCUT2D eigenvalue weighted by Gasteiger charge is -2.13. The number of hydrogen-bond acceptors (Lipinski definition) is 5. The van der Waals surface area contributed by atoms with E-state index in [9.17, 15) is 22.8 Å². The van der Waals surface area contributed by atoms with Crippen LogP contribution in [0.1, 0.15) is 48.9 Å². The van der Waals surface area contributed by atoms with Crippen LogP contribution in [0.15, 0.2) is 77.5 Å². The number of pyridine rings is 2. The van der Waals surface area contributed by atoms with E-state index in [1.807, 2.05) is 18.2 Å². The molecule has 3 heterocycles. The summed E-state index contributed by atoms with van der Waals surface area (Å²) >= 11 is 3.31. The highest BCUT2D eigenvalue weighted by Crippen LogP contribution is 2.32. The van der Waals surface area contributed by atoms with Crippen LogP contribution >= 0.6 is 15.9 Å². The zero-order valence-corrected chi connectivity index (χ0v) is 24.0.